The highest BCUT2D eigenvalue weighted by molar-refractivity contribution is 5.76. The standard InChI is InChI=1S/C14H24N4O/c15-8-7-13-9-18(11-16-13)10-14(19)17-12-5-3-1-2-4-6-12/h9,11-12H,1-8,10,15H2,(H,17,19). The van der Waals surface area contributed by atoms with Gasteiger partial charge < -0.3 is 15.6 Å². The van der Waals surface area contributed by atoms with Gasteiger partial charge in [0.2, 0.25) is 5.91 Å². The number of aromatic nitrogens is 2. The zero-order chi connectivity index (χ0) is 13.5. The highest BCUT2D eigenvalue weighted by Gasteiger charge is 2.14. The lowest BCUT2D eigenvalue weighted by Crippen LogP contribution is -2.36. The van der Waals surface area contributed by atoms with Gasteiger partial charge in [0.15, 0.2) is 0 Å². The highest BCUT2D eigenvalue weighted by Crippen LogP contribution is 2.17. The molecule has 1 aliphatic carbocycles. The van der Waals surface area contributed by atoms with E-state index in [0.717, 1.165) is 25.0 Å². The first kappa shape index (κ1) is 14.1. The summed E-state index contributed by atoms with van der Waals surface area (Å²) >= 11 is 0. The lowest BCUT2D eigenvalue weighted by Gasteiger charge is -2.16. The normalized spacial score (nSPS) is 17.1. The average Bonchev–Trinajstić information content (AvgIpc) is 2.65. The van der Waals surface area contributed by atoms with Crippen LogP contribution in [0, 0.1) is 0 Å². The first-order valence-electron chi connectivity index (χ1n) is 7.28. The van der Waals surface area contributed by atoms with Crippen molar-refractivity contribution in [3.05, 3.63) is 18.2 Å². The van der Waals surface area contributed by atoms with Crippen LogP contribution in [0.15, 0.2) is 12.5 Å². The van der Waals surface area contributed by atoms with Crippen LogP contribution in [-0.4, -0.2) is 28.0 Å². The SMILES string of the molecule is NCCc1cn(CC(=O)NC2CCCCCC2)cn1. The summed E-state index contributed by atoms with van der Waals surface area (Å²) in [7, 11) is 0. The predicted octanol–water partition coefficient (Wildman–Crippen LogP) is 1.22. The predicted molar refractivity (Wildman–Crippen MR) is 74.6 cm³/mol. The van der Waals surface area contributed by atoms with Gasteiger partial charge in [-0.3, -0.25) is 4.79 Å². The van der Waals surface area contributed by atoms with Crippen LogP contribution < -0.4 is 11.1 Å². The number of carbonyl (C=O) groups excluding carboxylic acids is 1. The Morgan fingerprint density at radius 1 is 1.37 bits per heavy atom. The van der Waals surface area contributed by atoms with Gasteiger partial charge >= 0.3 is 0 Å². The van der Waals surface area contributed by atoms with Gasteiger partial charge in [-0.25, -0.2) is 4.98 Å². The number of nitrogens with two attached hydrogens (primary N) is 1. The molecule has 0 saturated heterocycles. The molecule has 0 spiro atoms. The lowest BCUT2D eigenvalue weighted by molar-refractivity contribution is -0.122. The molecule has 1 aromatic rings. The molecule has 0 aliphatic heterocycles. The molecule has 0 radical (unpaired) electrons. The monoisotopic (exact) mass is 264 g/mol. The van der Waals surface area contributed by atoms with Gasteiger partial charge in [0.05, 0.1) is 12.0 Å². The number of hydrogen-bond acceptors (Lipinski definition) is 3. The fourth-order valence-corrected chi connectivity index (χ4v) is 2.63. The Balaban J connectivity index is 1.79. The van der Waals surface area contributed by atoms with E-state index in [1.165, 1.54) is 25.7 Å². The number of hydrogen-bond donors (Lipinski definition) is 2. The fraction of sp³-hybridized carbons (Fsp3) is 0.714. The van der Waals surface area contributed by atoms with Gasteiger partial charge in [0, 0.05) is 18.7 Å². The third-order valence-electron chi connectivity index (χ3n) is 3.63. The van der Waals surface area contributed by atoms with Crippen LogP contribution in [0.1, 0.15) is 44.2 Å². The minimum absolute atomic E-state index is 0.0867. The van der Waals surface area contributed by atoms with Gasteiger partial charge in [-0.05, 0) is 19.4 Å². The van der Waals surface area contributed by atoms with Crippen molar-refractivity contribution >= 4 is 5.91 Å². The van der Waals surface area contributed by atoms with Crippen molar-refractivity contribution in [2.75, 3.05) is 6.54 Å². The highest BCUT2D eigenvalue weighted by atomic mass is 16.2. The Morgan fingerprint density at radius 3 is 2.79 bits per heavy atom. The van der Waals surface area contributed by atoms with E-state index in [-0.39, 0.29) is 5.91 Å². The van der Waals surface area contributed by atoms with E-state index < -0.39 is 0 Å². The summed E-state index contributed by atoms with van der Waals surface area (Å²) in [6.07, 6.45) is 11.7. The number of carbonyl (C=O) groups is 1. The number of nitrogens with zero attached hydrogens (tertiary/aromatic N) is 2. The molecule has 0 atom stereocenters. The Labute approximate surface area is 114 Å². The third kappa shape index (κ3) is 4.67. The largest absolute Gasteiger partial charge is 0.352 e. The molecule has 1 saturated carbocycles. The second-order valence-corrected chi connectivity index (χ2v) is 5.33. The van der Waals surface area contributed by atoms with Gasteiger partial charge in [0.25, 0.3) is 0 Å². The van der Waals surface area contributed by atoms with Crippen molar-refractivity contribution in [1.82, 2.24) is 14.9 Å². The summed E-state index contributed by atoms with van der Waals surface area (Å²) in [4.78, 5) is 16.2. The molecular weight excluding hydrogens is 240 g/mol. The molecule has 0 bridgehead atoms. The van der Waals surface area contributed by atoms with Crippen LogP contribution in [0.4, 0.5) is 0 Å². The number of imidazole rings is 1. The van der Waals surface area contributed by atoms with Crippen molar-refractivity contribution in [3.8, 4) is 0 Å². The van der Waals surface area contributed by atoms with Crippen molar-refractivity contribution in [2.45, 2.75) is 57.5 Å². The van der Waals surface area contributed by atoms with E-state index in [1.807, 2.05) is 10.8 Å². The van der Waals surface area contributed by atoms with Crippen molar-refractivity contribution in [3.63, 3.8) is 0 Å². The molecule has 0 aromatic carbocycles. The number of nitrogens with one attached hydrogen (secondary N) is 1. The second kappa shape index (κ2) is 7.28. The zero-order valence-electron chi connectivity index (χ0n) is 11.5. The third-order valence-corrected chi connectivity index (χ3v) is 3.63. The van der Waals surface area contributed by atoms with Crippen molar-refractivity contribution < 1.29 is 4.79 Å². The lowest BCUT2D eigenvalue weighted by atomic mass is 10.1. The molecule has 1 aliphatic rings. The van der Waals surface area contributed by atoms with Crippen LogP contribution in [0.25, 0.3) is 0 Å². The summed E-state index contributed by atoms with van der Waals surface area (Å²) in [5, 5.41) is 3.14. The molecule has 1 fully saturated rings. The van der Waals surface area contributed by atoms with E-state index in [1.54, 1.807) is 6.33 Å². The molecule has 19 heavy (non-hydrogen) atoms. The van der Waals surface area contributed by atoms with Crippen LogP contribution in [0.3, 0.4) is 0 Å². The van der Waals surface area contributed by atoms with Gasteiger partial charge in [-0.15, -0.1) is 0 Å². The molecule has 1 amide bonds. The van der Waals surface area contributed by atoms with E-state index >= 15 is 0 Å². The molecule has 2 rings (SSSR count). The molecule has 106 valence electrons. The van der Waals surface area contributed by atoms with E-state index in [4.69, 9.17) is 5.73 Å². The first-order valence-corrected chi connectivity index (χ1v) is 7.28. The maximum atomic E-state index is 12.0. The first-order chi connectivity index (χ1) is 9.28. The maximum absolute atomic E-state index is 12.0. The summed E-state index contributed by atoms with van der Waals surface area (Å²) in [6, 6.07) is 0.363. The molecule has 3 N–H and O–H groups in total. The van der Waals surface area contributed by atoms with Crippen LogP contribution in [0.5, 0.6) is 0 Å². The summed E-state index contributed by atoms with van der Waals surface area (Å²) in [5.74, 6) is 0.0867. The zero-order valence-corrected chi connectivity index (χ0v) is 11.5. The number of rotatable bonds is 5. The van der Waals surface area contributed by atoms with Gasteiger partial charge in [-0.1, -0.05) is 25.7 Å². The molecule has 1 heterocycles. The molecule has 5 nitrogen and oxygen atoms in total. The Bertz CT molecular complexity index is 394. The molecule has 5 heteroatoms. The molecule has 0 unspecified atom stereocenters. The molecular formula is C14H24N4O. The van der Waals surface area contributed by atoms with E-state index in [9.17, 15) is 4.79 Å². The van der Waals surface area contributed by atoms with Gasteiger partial charge in [0.1, 0.15) is 6.54 Å². The smallest absolute Gasteiger partial charge is 0.240 e. The Kier molecular flexibility index (Phi) is 5.39. The fourth-order valence-electron chi connectivity index (χ4n) is 2.63. The second-order valence-electron chi connectivity index (χ2n) is 5.33. The minimum Gasteiger partial charge on any atom is -0.352 e. The van der Waals surface area contributed by atoms with E-state index in [2.05, 4.69) is 10.3 Å². The average molecular weight is 264 g/mol. The quantitative estimate of drug-likeness (QED) is 0.785. The van der Waals surface area contributed by atoms with Crippen LogP contribution in [-0.2, 0) is 17.8 Å². The summed E-state index contributed by atoms with van der Waals surface area (Å²) < 4.78 is 1.83. The van der Waals surface area contributed by atoms with Crippen LogP contribution in [0.2, 0.25) is 0 Å². The summed E-state index contributed by atoms with van der Waals surface area (Å²) in [5.41, 5.74) is 6.43. The van der Waals surface area contributed by atoms with Crippen molar-refractivity contribution in [1.29, 1.82) is 0 Å². The van der Waals surface area contributed by atoms with Gasteiger partial charge in [-0.2, -0.15) is 0 Å². The van der Waals surface area contributed by atoms with Crippen LogP contribution >= 0.6 is 0 Å². The van der Waals surface area contributed by atoms with Crippen molar-refractivity contribution in [2.24, 2.45) is 5.73 Å². The van der Waals surface area contributed by atoms with E-state index in [0.29, 0.717) is 19.1 Å². The topological polar surface area (TPSA) is 72.9 Å². The maximum Gasteiger partial charge on any atom is 0.240 e. The Hall–Kier alpha value is -1.36. The Morgan fingerprint density at radius 2 is 2.11 bits per heavy atom. The minimum atomic E-state index is 0.0867. The number of amides is 1. The molecule has 1 aromatic heterocycles. The summed E-state index contributed by atoms with van der Waals surface area (Å²) in [6.45, 7) is 0.944.